The molecule has 15 heteroatoms. The maximum Gasteiger partial charge on any atom is 0.407 e. The quantitative estimate of drug-likeness (QED) is 0.133. The van der Waals surface area contributed by atoms with E-state index in [0.29, 0.717) is 60.2 Å². The first-order valence-electron chi connectivity index (χ1n) is 19.0. The van der Waals surface area contributed by atoms with Gasteiger partial charge in [0.25, 0.3) is 0 Å². The zero-order chi connectivity index (χ0) is 40.3. The number of rotatable bonds is 12. The van der Waals surface area contributed by atoms with Crippen LogP contribution >= 0.6 is 0 Å². The Morgan fingerprint density at radius 2 is 1.61 bits per heavy atom. The Hall–Kier alpha value is -5.99. The van der Waals surface area contributed by atoms with E-state index in [-0.39, 0.29) is 41.5 Å². The molecule has 2 aliphatic rings. The number of ether oxygens (including phenoxy) is 1. The van der Waals surface area contributed by atoms with Crippen molar-refractivity contribution in [1.82, 2.24) is 35.4 Å². The minimum Gasteiger partial charge on any atom is -0.453 e. The number of nitrogens with one attached hydrogen (secondary N) is 4. The summed E-state index contributed by atoms with van der Waals surface area (Å²) in [7, 11) is 1.24. The minimum absolute atomic E-state index is 0.111. The van der Waals surface area contributed by atoms with Gasteiger partial charge in [-0.15, -0.1) is 0 Å². The highest BCUT2D eigenvalue weighted by Crippen LogP contribution is 2.34. The third kappa shape index (κ3) is 8.46. The summed E-state index contributed by atoms with van der Waals surface area (Å²) in [5.74, 6) is 0.101. The average Bonchev–Trinajstić information content (AvgIpc) is 4.01. The van der Waals surface area contributed by atoms with Gasteiger partial charge in [0.2, 0.25) is 29.5 Å². The fourth-order valence-electron chi connectivity index (χ4n) is 7.29. The number of aromatic nitrogens is 3. The first-order valence-corrected chi connectivity index (χ1v) is 19.0. The van der Waals surface area contributed by atoms with Gasteiger partial charge in [0.05, 0.1) is 30.4 Å². The molecule has 5 amide bonds. The molecule has 0 saturated carbocycles. The van der Waals surface area contributed by atoms with Crippen molar-refractivity contribution >= 4 is 46.4 Å². The Bertz CT molecular complexity index is 2140. The highest BCUT2D eigenvalue weighted by molar-refractivity contribution is 5.99. The third-order valence-corrected chi connectivity index (χ3v) is 10.4. The van der Waals surface area contributed by atoms with E-state index in [1.165, 1.54) is 12.0 Å². The Morgan fingerprint density at radius 1 is 0.911 bits per heavy atom. The van der Waals surface area contributed by atoms with E-state index < -0.39 is 24.2 Å². The smallest absolute Gasteiger partial charge is 0.407 e. The lowest BCUT2D eigenvalue weighted by atomic mass is 10.0. The van der Waals surface area contributed by atoms with E-state index >= 15 is 0 Å². The number of imidazole rings is 1. The van der Waals surface area contributed by atoms with E-state index in [1.54, 1.807) is 36.2 Å². The molecule has 2 saturated heterocycles. The fraction of sp³-hybridized carbons (Fsp3) is 0.439. The number of hydrogen-bond acceptors (Lipinski definition) is 9. The number of likely N-dealkylation sites (tertiary alicyclic amines) is 2. The van der Waals surface area contributed by atoms with Gasteiger partial charge in [-0.25, -0.2) is 14.8 Å². The summed E-state index contributed by atoms with van der Waals surface area (Å²) < 4.78 is 10.9. The summed E-state index contributed by atoms with van der Waals surface area (Å²) in [5.41, 5.74) is 3.79. The van der Waals surface area contributed by atoms with E-state index in [4.69, 9.17) is 14.1 Å². The monoisotopic (exact) mass is 766 g/mol. The highest BCUT2D eigenvalue weighted by atomic mass is 16.5. The van der Waals surface area contributed by atoms with Crippen molar-refractivity contribution in [2.45, 2.75) is 84.5 Å². The van der Waals surface area contributed by atoms with Gasteiger partial charge in [-0.1, -0.05) is 40.3 Å². The van der Waals surface area contributed by atoms with Crippen LogP contribution in [0.2, 0.25) is 0 Å². The summed E-state index contributed by atoms with van der Waals surface area (Å²) in [6, 6.07) is 10.4. The van der Waals surface area contributed by atoms with Crippen molar-refractivity contribution in [1.29, 1.82) is 0 Å². The number of nitrogens with zero attached hydrogens (tertiary/aromatic N) is 4. The predicted octanol–water partition coefficient (Wildman–Crippen LogP) is 5.58. The first-order chi connectivity index (χ1) is 26.7. The average molecular weight is 767 g/mol. The number of carbonyl (C=O) groups excluding carboxylic acids is 5. The van der Waals surface area contributed by atoms with Crippen molar-refractivity contribution < 1.29 is 33.1 Å². The molecule has 4 atom stereocenters. The topological polar surface area (TPSA) is 192 Å². The summed E-state index contributed by atoms with van der Waals surface area (Å²) in [6.45, 7) is 13.8. The van der Waals surface area contributed by atoms with Gasteiger partial charge in [-0.2, -0.15) is 0 Å². The van der Waals surface area contributed by atoms with Crippen LogP contribution in [0.4, 0.5) is 10.5 Å². The fourth-order valence-corrected chi connectivity index (χ4v) is 7.29. The predicted molar refractivity (Wildman–Crippen MR) is 210 cm³/mol. The summed E-state index contributed by atoms with van der Waals surface area (Å²) >= 11 is 0. The number of H-pyrrole nitrogens is 1. The van der Waals surface area contributed by atoms with Gasteiger partial charge in [-0.3, -0.25) is 19.2 Å². The molecule has 2 aromatic carbocycles. The molecule has 6 rings (SSSR count). The summed E-state index contributed by atoms with van der Waals surface area (Å²) in [6.07, 6.45) is 3.65. The Morgan fingerprint density at radius 3 is 2.32 bits per heavy atom. The molecule has 2 aliphatic heterocycles. The number of anilines is 1. The lowest BCUT2D eigenvalue weighted by Crippen LogP contribution is -2.54. The van der Waals surface area contributed by atoms with E-state index in [0.717, 1.165) is 29.4 Å². The largest absolute Gasteiger partial charge is 0.453 e. The number of hydrogen-bond donors (Lipinski definition) is 4. The Kier molecular flexibility index (Phi) is 11.9. The Balaban J connectivity index is 1.14. The van der Waals surface area contributed by atoms with Crippen molar-refractivity contribution in [3.05, 3.63) is 66.6 Å². The van der Waals surface area contributed by atoms with Crippen LogP contribution in [-0.4, -0.2) is 92.8 Å². The first kappa shape index (κ1) is 39.7. The van der Waals surface area contributed by atoms with Crippen molar-refractivity contribution in [3.8, 4) is 22.8 Å². The van der Waals surface area contributed by atoms with Crippen LogP contribution < -0.4 is 16.0 Å². The molecule has 56 heavy (non-hydrogen) atoms. The van der Waals surface area contributed by atoms with Crippen LogP contribution in [0, 0.1) is 11.8 Å². The second kappa shape index (κ2) is 16.8. The minimum atomic E-state index is -0.825. The second-order valence-electron chi connectivity index (χ2n) is 15.2. The maximum absolute atomic E-state index is 13.7. The standard InChI is InChI=1S/C41H50N8O7/c1-22(2)33(46-36(50)24(5)6)39(52)48-17-9-13-30(48)35-44-28-16-15-25(20-29(28)45-35)32-21-42-38(56-32)26-11-8-12-27(19-26)43-37(51)31-14-10-18-49(31)40(53)34(23(3)4)47-41(54)55-7/h8,11-12,15-16,19-23,30-31,33-34H,5,9-10,13-14,17-18H2,1-4,6-7H3,(H,43,51)(H,44,45)(H,46,50)(H,47,54)/t30-,31-,33-,34-/m0/s1. The number of fused-ring (bicyclic) bond motifs is 1. The zero-order valence-electron chi connectivity index (χ0n) is 32.7. The number of aromatic amines is 1. The maximum atomic E-state index is 13.7. The van der Waals surface area contributed by atoms with Crippen LogP contribution in [0.25, 0.3) is 33.8 Å². The Labute approximate surface area is 325 Å². The van der Waals surface area contributed by atoms with Gasteiger partial charge < -0.3 is 39.9 Å². The van der Waals surface area contributed by atoms with Crippen LogP contribution in [0.5, 0.6) is 0 Å². The number of methoxy groups -OCH3 is 1. The summed E-state index contributed by atoms with van der Waals surface area (Å²) in [5, 5.41) is 8.39. The van der Waals surface area contributed by atoms with E-state index in [9.17, 15) is 24.0 Å². The van der Waals surface area contributed by atoms with Gasteiger partial charge in [0, 0.05) is 35.5 Å². The molecule has 0 spiro atoms. The van der Waals surface area contributed by atoms with Crippen LogP contribution in [0.3, 0.4) is 0 Å². The highest BCUT2D eigenvalue weighted by Gasteiger charge is 2.40. The molecular formula is C41H50N8O7. The van der Waals surface area contributed by atoms with Gasteiger partial charge >= 0.3 is 6.09 Å². The van der Waals surface area contributed by atoms with Gasteiger partial charge in [-0.05, 0) is 80.8 Å². The van der Waals surface area contributed by atoms with Crippen molar-refractivity contribution in [2.75, 3.05) is 25.5 Å². The molecule has 296 valence electrons. The third-order valence-electron chi connectivity index (χ3n) is 10.4. The molecular weight excluding hydrogens is 716 g/mol. The molecule has 4 heterocycles. The van der Waals surface area contributed by atoms with E-state index in [2.05, 4.69) is 32.5 Å². The molecule has 0 unspecified atom stereocenters. The molecule has 0 radical (unpaired) electrons. The molecule has 15 nitrogen and oxygen atoms in total. The molecule has 0 aliphatic carbocycles. The normalized spacial score (nSPS) is 17.9. The lowest BCUT2D eigenvalue weighted by molar-refractivity contribution is -0.139. The molecule has 4 aromatic rings. The number of alkyl carbamates (subject to hydrolysis) is 1. The molecule has 2 fully saturated rings. The summed E-state index contributed by atoms with van der Waals surface area (Å²) in [4.78, 5) is 81.1. The van der Waals surface area contributed by atoms with Crippen molar-refractivity contribution in [3.63, 3.8) is 0 Å². The van der Waals surface area contributed by atoms with E-state index in [1.807, 2.05) is 52.0 Å². The SMILES string of the molecule is C=C(C)C(=O)N[C@H](C(=O)N1CCC[C@H]1c1nc2ccc(-c3cnc(-c4cccc(NC(=O)[C@@H]5CCCN5C(=O)[C@@H](NC(=O)OC)C(C)C)c4)o3)cc2[nH]1)C(C)C. The number of benzene rings is 2. The second-order valence-corrected chi connectivity index (χ2v) is 15.2. The van der Waals surface area contributed by atoms with Crippen molar-refractivity contribution in [2.24, 2.45) is 11.8 Å². The molecule has 4 N–H and O–H groups in total. The number of carbonyl (C=O) groups is 5. The lowest BCUT2D eigenvalue weighted by Gasteiger charge is -2.30. The van der Waals surface area contributed by atoms with Crippen LogP contribution in [0.1, 0.15) is 72.2 Å². The van der Waals surface area contributed by atoms with Gasteiger partial charge in [0.1, 0.15) is 23.9 Å². The number of amides is 5. The van der Waals surface area contributed by atoms with Crippen LogP contribution in [0.15, 0.2) is 65.2 Å². The number of oxazole rings is 1. The molecule has 0 bridgehead atoms. The molecule has 2 aromatic heterocycles. The zero-order valence-corrected chi connectivity index (χ0v) is 32.7. The van der Waals surface area contributed by atoms with Crippen LogP contribution in [-0.2, 0) is 23.9 Å². The van der Waals surface area contributed by atoms with Gasteiger partial charge in [0.15, 0.2) is 5.76 Å².